The molecule has 0 saturated heterocycles. The van der Waals surface area contributed by atoms with Gasteiger partial charge in [0.15, 0.2) is 0 Å². The highest BCUT2D eigenvalue weighted by molar-refractivity contribution is 5.23. The second-order valence-electron chi connectivity index (χ2n) is 7.22. The Morgan fingerprint density at radius 1 is 1.29 bits per heavy atom. The zero-order chi connectivity index (χ0) is 17.3. The molecule has 2 aromatic heterocycles. The Hall–Kier alpha value is -1.73. The molecule has 132 valence electrons. The number of hydrogen-bond donors (Lipinski definition) is 2. The van der Waals surface area contributed by atoms with Gasteiger partial charge < -0.3 is 10.3 Å². The van der Waals surface area contributed by atoms with Crippen LogP contribution in [0.3, 0.4) is 0 Å². The fourth-order valence-electron chi connectivity index (χ4n) is 3.53. The van der Waals surface area contributed by atoms with Gasteiger partial charge in [-0.05, 0) is 58.7 Å². The lowest BCUT2D eigenvalue weighted by molar-refractivity contribution is 0.305. The lowest BCUT2D eigenvalue weighted by atomic mass is 9.80. The van der Waals surface area contributed by atoms with Gasteiger partial charge in [0.05, 0.1) is 12.2 Å². The number of hydrogen-bond acceptors (Lipinski definition) is 5. The smallest absolute Gasteiger partial charge is 0.146 e. The second kappa shape index (κ2) is 7.03. The summed E-state index contributed by atoms with van der Waals surface area (Å²) in [6.07, 6.45) is 4.23. The number of rotatable bonds is 7. The average Bonchev–Trinajstić information content (AvgIpc) is 3.01. The summed E-state index contributed by atoms with van der Waals surface area (Å²) in [5, 5.41) is 16.1. The molecule has 7 nitrogen and oxygen atoms in total. The van der Waals surface area contributed by atoms with Crippen LogP contribution in [0.2, 0.25) is 0 Å². The van der Waals surface area contributed by atoms with Crippen LogP contribution in [0.5, 0.6) is 0 Å². The molecule has 1 saturated carbocycles. The van der Waals surface area contributed by atoms with Crippen molar-refractivity contribution >= 4 is 0 Å². The van der Waals surface area contributed by atoms with Crippen molar-refractivity contribution in [3.63, 3.8) is 0 Å². The van der Waals surface area contributed by atoms with Crippen molar-refractivity contribution in [1.29, 1.82) is 0 Å². The first-order valence-electron chi connectivity index (χ1n) is 8.78. The van der Waals surface area contributed by atoms with E-state index in [1.54, 1.807) is 0 Å². The molecular formula is C17H29N7. The van der Waals surface area contributed by atoms with E-state index in [4.69, 9.17) is 5.73 Å². The van der Waals surface area contributed by atoms with Gasteiger partial charge in [0.25, 0.3) is 0 Å². The maximum Gasteiger partial charge on any atom is 0.146 e. The molecule has 2 aromatic rings. The third-order valence-electron chi connectivity index (χ3n) is 5.20. The summed E-state index contributed by atoms with van der Waals surface area (Å²) < 4.78 is 2.15. The van der Waals surface area contributed by atoms with Crippen LogP contribution in [-0.4, -0.2) is 49.5 Å². The van der Waals surface area contributed by atoms with Gasteiger partial charge in [-0.25, -0.2) is 0 Å². The second-order valence-corrected chi connectivity index (χ2v) is 7.22. The third kappa shape index (κ3) is 3.52. The summed E-state index contributed by atoms with van der Waals surface area (Å²) in [6, 6.07) is 0.340. The van der Waals surface area contributed by atoms with Gasteiger partial charge >= 0.3 is 0 Å². The minimum Gasteiger partial charge on any atom is -0.328 e. The zero-order valence-electron chi connectivity index (χ0n) is 15.2. The standard InChI is InChI=1S/C17H29N7/c1-11-15(12(2)20-19-11)6-5-7-23(3)10-16-21-22-17(24(16)4)13-8-14(18)9-13/h13-14H,5-10,18H2,1-4H3,(H,19,20). The van der Waals surface area contributed by atoms with E-state index >= 15 is 0 Å². The van der Waals surface area contributed by atoms with E-state index in [-0.39, 0.29) is 0 Å². The maximum atomic E-state index is 5.89. The molecule has 0 radical (unpaired) electrons. The predicted octanol–water partition coefficient (Wildman–Crippen LogP) is 1.42. The van der Waals surface area contributed by atoms with Crippen molar-refractivity contribution < 1.29 is 0 Å². The van der Waals surface area contributed by atoms with Gasteiger partial charge in [0.2, 0.25) is 0 Å². The number of nitrogens with zero attached hydrogens (tertiary/aromatic N) is 5. The van der Waals surface area contributed by atoms with Crippen LogP contribution in [0.1, 0.15) is 53.8 Å². The number of aromatic nitrogens is 5. The third-order valence-corrected chi connectivity index (χ3v) is 5.20. The Bertz CT molecular complexity index is 662. The van der Waals surface area contributed by atoms with E-state index < -0.39 is 0 Å². The number of aromatic amines is 1. The molecule has 7 heteroatoms. The molecule has 3 N–H and O–H groups in total. The van der Waals surface area contributed by atoms with Crippen molar-refractivity contribution in [2.45, 2.75) is 58.0 Å². The molecule has 1 aliphatic rings. The van der Waals surface area contributed by atoms with Crippen LogP contribution >= 0.6 is 0 Å². The van der Waals surface area contributed by atoms with Gasteiger partial charge in [0.1, 0.15) is 11.6 Å². The fraction of sp³-hybridized carbons (Fsp3) is 0.706. The lowest BCUT2D eigenvalue weighted by Gasteiger charge is -2.31. The molecule has 0 atom stereocenters. The minimum atomic E-state index is 0.340. The van der Waals surface area contributed by atoms with Crippen molar-refractivity contribution in [2.75, 3.05) is 13.6 Å². The molecule has 0 unspecified atom stereocenters. The monoisotopic (exact) mass is 331 g/mol. The summed E-state index contributed by atoms with van der Waals surface area (Å²) in [4.78, 5) is 2.31. The molecule has 0 aromatic carbocycles. The average molecular weight is 331 g/mol. The topological polar surface area (TPSA) is 88.7 Å². The van der Waals surface area contributed by atoms with E-state index in [9.17, 15) is 0 Å². The Labute approximate surface area is 143 Å². The quantitative estimate of drug-likeness (QED) is 0.801. The normalized spacial score (nSPS) is 20.6. The van der Waals surface area contributed by atoms with Gasteiger partial charge in [-0.15, -0.1) is 10.2 Å². The largest absolute Gasteiger partial charge is 0.328 e. The van der Waals surface area contributed by atoms with Crippen LogP contribution in [0, 0.1) is 13.8 Å². The zero-order valence-corrected chi connectivity index (χ0v) is 15.2. The molecule has 1 fully saturated rings. The van der Waals surface area contributed by atoms with Gasteiger partial charge in [-0.3, -0.25) is 10.00 Å². The summed E-state index contributed by atoms with van der Waals surface area (Å²) in [5.41, 5.74) is 9.54. The molecular weight excluding hydrogens is 302 g/mol. The van der Waals surface area contributed by atoms with Gasteiger partial charge in [0, 0.05) is 24.7 Å². The van der Waals surface area contributed by atoms with E-state index in [0.717, 1.165) is 56.1 Å². The first-order valence-corrected chi connectivity index (χ1v) is 8.78. The van der Waals surface area contributed by atoms with Crippen molar-refractivity contribution in [3.8, 4) is 0 Å². The van der Waals surface area contributed by atoms with Crippen LogP contribution in [-0.2, 0) is 20.0 Å². The summed E-state index contributed by atoms with van der Waals surface area (Å²) >= 11 is 0. The molecule has 1 aliphatic carbocycles. The van der Waals surface area contributed by atoms with Crippen molar-refractivity contribution in [2.24, 2.45) is 12.8 Å². The summed E-state index contributed by atoms with van der Waals surface area (Å²) in [7, 11) is 4.21. The summed E-state index contributed by atoms with van der Waals surface area (Å²) in [5.74, 6) is 2.61. The summed E-state index contributed by atoms with van der Waals surface area (Å²) in [6.45, 7) is 6.01. The molecule has 3 rings (SSSR count). The van der Waals surface area contributed by atoms with E-state index in [2.05, 4.69) is 57.8 Å². The van der Waals surface area contributed by atoms with E-state index in [1.807, 2.05) is 0 Å². The highest BCUT2D eigenvalue weighted by Gasteiger charge is 2.31. The molecule has 24 heavy (non-hydrogen) atoms. The molecule has 0 bridgehead atoms. The van der Waals surface area contributed by atoms with Crippen LogP contribution in [0.15, 0.2) is 0 Å². The number of H-pyrrole nitrogens is 1. The Kier molecular flexibility index (Phi) is 5.01. The van der Waals surface area contributed by atoms with Gasteiger partial charge in [-0.1, -0.05) is 0 Å². The fourth-order valence-corrected chi connectivity index (χ4v) is 3.53. The number of nitrogens with one attached hydrogen (secondary N) is 1. The van der Waals surface area contributed by atoms with Crippen LogP contribution in [0.4, 0.5) is 0 Å². The van der Waals surface area contributed by atoms with Gasteiger partial charge in [-0.2, -0.15) is 5.10 Å². The molecule has 0 aliphatic heterocycles. The lowest BCUT2D eigenvalue weighted by Crippen LogP contribution is -2.36. The first-order chi connectivity index (χ1) is 11.5. The first kappa shape index (κ1) is 17.1. The van der Waals surface area contributed by atoms with Crippen LogP contribution < -0.4 is 5.73 Å². The molecule has 0 spiro atoms. The highest BCUT2D eigenvalue weighted by atomic mass is 15.3. The Balaban J connectivity index is 1.49. The van der Waals surface area contributed by atoms with Crippen LogP contribution in [0.25, 0.3) is 0 Å². The maximum absolute atomic E-state index is 5.89. The van der Waals surface area contributed by atoms with Crippen molar-refractivity contribution in [3.05, 3.63) is 28.6 Å². The molecule has 0 amide bonds. The predicted molar refractivity (Wildman–Crippen MR) is 93.7 cm³/mol. The Morgan fingerprint density at radius 3 is 2.67 bits per heavy atom. The number of nitrogens with two attached hydrogens (primary N) is 1. The van der Waals surface area contributed by atoms with E-state index in [1.165, 1.54) is 11.3 Å². The SMILES string of the molecule is Cc1n[nH]c(C)c1CCCN(C)Cc1nnc(C2CC(N)C2)n1C. The molecule has 2 heterocycles. The van der Waals surface area contributed by atoms with E-state index in [0.29, 0.717) is 12.0 Å². The Morgan fingerprint density at radius 2 is 2.04 bits per heavy atom. The highest BCUT2D eigenvalue weighted by Crippen LogP contribution is 2.34. The number of aryl methyl sites for hydroxylation is 2. The van der Waals surface area contributed by atoms with Crippen molar-refractivity contribution in [1.82, 2.24) is 29.9 Å². The minimum absolute atomic E-state index is 0.340.